The molecule has 4 heteroatoms. The minimum Gasteiger partial charge on any atom is -0.369 e. The lowest BCUT2D eigenvalue weighted by molar-refractivity contribution is 0.315. The van der Waals surface area contributed by atoms with Gasteiger partial charge in [0.25, 0.3) is 0 Å². The highest BCUT2D eigenvalue weighted by molar-refractivity contribution is 5.58. The fraction of sp³-hybridized carbons (Fsp3) is 0.417. The Morgan fingerprint density at radius 3 is 2.69 bits per heavy atom. The average Bonchev–Trinajstić information content (AvgIpc) is 2.25. The van der Waals surface area contributed by atoms with Crippen LogP contribution in [0.15, 0.2) is 18.2 Å². The molecule has 0 bridgehead atoms. The van der Waals surface area contributed by atoms with E-state index in [1.54, 1.807) is 12.1 Å². The van der Waals surface area contributed by atoms with Gasteiger partial charge in [0.1, 0.15) is 17.4 Å². The SMILES string of the molecule is CCC(Nc1cccc(F)c1C#N)N(C)C. The summed E-state index contributed by atoms with van der Waals surface area (Å²) in [6.07, 6.45) is 0.961. The van der Waals surface area contributed by atoms with E-state index in [0.29, 0.717) is 5.69 Å². The lowest BCUT2D eigenvalue weighted by atomic mass is 10.1. The Kier molecular flexibility index (Phi) is 4.27. The van der Waals surface area contributed by atoms with Gasteiger partial charge >= 0.3 is 0 Å². The standard InChI is InChI=1S/C12H16FN3/c1-4-12(16(2)3)15-11-7-5-6-10(13)9(11)8-14/h5-7,12,15H,4H2,1-3H3. The fourth-order valence-electron chi connectivity index (χ4n) is 1.53. The molecule has 3 nitrogen and oxygen atoms in total. The van der Waals surface area contributed by atoms with E-state index in [4.69, 9.17) is 5.26 Å². The molecule has 0 aliphatic heterocycles. The Labute approximate surface area is 95.5 Å². The molecule has 0 spiro atoms. The molecular formula is C12H16FN3. The summed E-state index contributed by atoms with van der Waals surface area (Å²) in [5.41, 5.74) is 0.617. The number of nitrogens with zero attached hydrogens (tertiary/aromatic N) is 2. The van der Waals surface area contributed by atoms with Crippen molar-refractivity contribution >= 4 is 5.69 Å². The van der Waals surface area contributed by atoms with Gasteiger partial charge in [-0.3, -0.25) is 4.90 Å². The lowest BCUT2D eigenvalue weighted by Crippen LogP contribution is -2.34. The van der Waals surface area contributed by atoms with Crippen LogP contribution in [0.4, 0.5) is 10.1 Å². The molecule has 1 unspecified atom stereocenters. The van der Waals surface area contributed by atoms with Gasteiger partial charge in [0.2, 0.25) is 0 Å². The van der Waals surface area contributed by atoms with Crippen molar-refractivity contribution in [3.8, 4) is 6.07 Å². The lowest BCUT2D eigenvalue weighted by Gasteiger charge is -2.25. The molecular weight excluding hydrogens is 205 g/mol. The van der Waals surface area contributed by atoms with E-state index in [9.17, 15) is 4.39 Å². The van der Waals surface area contributed by atoms with E-state index < -0.39 is 5.82 Å². The van der Waals surface area contributed by atoms with Gasteiger partial charge in [-0.2, -0.15) is 5.26 Å². The van der Waals surface area contributed by atoms with Crippen molar-refractivity contribution in [2.24, 2.45) is 0 Å². The monoisotopic (exact) mass is 221 g/mol. The van der Waals surface area contributed by atoms with Crippen LogP contribution >= 0.6 is 0 Å². The van der Waals surface area contributed by atoms with Crippen LogP contribution in [-0.4, -0.2) is 25.2 Å². The third kappa shape index (κ3) is 2.71. The summed E-state index contributed by atoms with van der Waals surface area (Å²) < 4.78 is 13.3. The van der Waals surface area contributed by atoms with Crippen molar-refractivity contribution in [1.82, 2.24) is 4.90 Å². The highest BCUT2D eigenvalue weighted by atomic mass is 19.1. The van der Waals surface area contributed by atoms with Gasteiger partial charge in [0.15, 0.2) is 0 Å². The van der Waals surface area contributed by atoms with Crippen LogP contribution in [0.5, 0.6) is 0 Å². The van der Waals surface area contributed by atoms with Crippen molar-refractivity contribution < 1.29 is 4.39 Å². The zero-order valence-electron chi connectivity index (χ0n) is 9.79. The van der Waals surface area contributed by atoms with E-state index in [2.05, 4.69) is 5.32 Å². The predicted octanol–water partition coefficient (Wildman–Crippen LogP) is 2.41. The Hall–Kier alpha value is -1.60. The van der Waals surface area contributed by atoms with Gasteiger partial charge in [-0.1, -0.05) is 13.0 Å². The van der Waals surface area contributed by atoms with Crippen LogP contribution < -0.4 is 5.32 Å². The summed E-state index contributed by atoms with van der Waals surface area (Å²) in [5, 5.41) is 12.0. The number of nitriles is 1. The largest absolute Gasteiger partial charge is 0.369 e. The zero-order chi connectivity index (χ0) is 12.1. The smallest absolute Gasteiger partial charge is 0.143 e. The summed E-state index contributed by atoms with van der Waals surface area (Å²) in [6, 6.07) is 6.48. The van der Waals surface area contributed by atoms with Crippen molar-refractivity contribution in [3.63, 3.8) is 0 Å². The summed E-state index contributed by atoms with van der Waals surface area (Å²) in [4.78, 5) is 1.99. The van der Waals surface area contributed by atoms with Crippen molar-refractivity contribution in [2.45, 2.75) is 19.5 Å². The first-order valence-electron chi connectivity index (χ1n) is 5.21. The van der Waals surface area contributed by atoms with E-state index in [-0.39, 0.29) is 11.7 Å². The van der Waals surface area contributed by atoms with Gasteiger partial charge in [-0.25, -0.2) is 4.39 Å². The average molecular weight is 221 g/mol. The van der Waals surface area contributed by atoms with Crippen LogP contribution in [0.3, 0.4) is 0 Å². The number of halogens is 1. The van der Waals surface area contributed by atoms with Crippen molar-refractivity contribution in [3.05, 3.63) is 29.6 Å². The van der Waals surface area contributed by atoms with E-state index in [1.165, 1.54) is 6.07 Å². The summed E-state index contributed by atoms with van der Waals surface area (Å²) >= 11 is 0. The molecule has 1 rings (SSSR count). The minimum atomic E-state index is -0.485. The highest BCUT2D eigenvalue weighted by Gasteiger charge is 2.12. The first-order valence-corrected chi connectivity index (χ1v) is 5.21. The van der Waals surface area contributed by atoms with E-state index in [0.717, 1.165) is 6.42 Å². The second-order valence-electron chi connectivity index (χ2n) is 3.81. The molecule has 0 aromatic heterocycles. The number of benzene rings is 1. The summed E-state index contributed by atoms with van der Waals surface area (Å²) in [6.45, 7) is 2.03. The molecule has 0 heterocycles. The molecule has 1 atom stereocenters. The quantitative estimate of drug-likeness (QED) is 0.793. The van der Waals surface area contributed by atoms with Crippen LogP contribution in [0.25, 0.3) is 0 Å². The second-order valence-corrected chi connectivity index (χ2v) is 3.81. The second kappa shape index (κ2) is 5.47. The van der Waals surface area contributed by atoms with Crippen molar-refractivity contribution in [1.29, 1.82) is 5.26 Å². The Morgan fingerprint density at radius 2 is 2.19 bits per heavy atom. The molecule has 0 amide bonds. The fourth-order valence-corrected chi connectivity index (χ4v) is 1.53. The topological polar surface area (TPSA) is 39.1 Å². The van der Waals surface area contributed by atoms with Crippen LogP contribution in [0.1, 0.15) is 18.9 Å². The van der Waals surface area contributed by atoms with Gasteiger partial charge in [-0.05, 0) is 32.6 Å². The Bertz CT molecular complexity index is 396. The number of hydrogen-bond acceptors (Lipinski definition) is 3. The molecule has 0 aliphatic rings. The van der Waals surface area contributed by atoms with E-state index in [1.807, 2.05) is 32.0 Å². The highest BCUT2D eigenvalue weighted by Crippen LogP contribution is 2.19. The van der Waals surface area contributed by atoms with Gasteiger partial charge in [-0.15, -0.1) is 0 Å². The molecule has 16 heavy (non-hydrogen) atoms. The number of anilines is 1. The van der Waals surface area contributed by atoms with Crippen LogP contribution in [0.2, 0.25) is 0 Å². The maximum absolute atomic E-state index is 13.3. The third-order valence-electron chi connectivity index (χ3n) is 2.46. The Morgan fingerprint density at radius 1 is 1.50 bits per heavy atom. The first kappa shape index (κ1) is 12.5. The maximum atomic E-state index is 13.3. The van der Waals surface area contributed by atoms with Crippen molar-refractivity contribution in [2.75, 3.05) is 19.4 Å². The molecule has 0 aliphatic carbocycles. The van der Waals surface area contributed by atoms with Crippen LogP contribution in [-0.2, 0) is 0 Å². The maximum Gasteiger partial charge on any atom is 0.143 e. The summed E-state index contributed by atoms with van der Waals surface area (Å²) in [7, 11) is 3.87. The third-order valence-corrected chi connectivity index (χ3v) is 2.46. The molecule has 86 valence electrons. The predicted molar refractivity (Wildman–Crippen MR) is 62.5 cm³/mol. The molecule has 0 radical (unpaired) electrons. The molecule has 0 saturated heterocycles. The molecule has 1 aromatic rings. The molecule has 0 fully saturated rings. The van der Waals surface area contributed by atoms with Gasteiger partial charge in [0.05, 0.1) is 11.9 Å². The molecule has 1 N–H and O–H groups in total. The van der Waals surface area contributed by atoms with Gasteiger partial charge in [0, 0.05) is 0 Å². The van der Waals surface area contributed by atoms with E-state index >= 15 is 0 Å². The molecule has 1 aromatic carbocycles. The number of rotatable bonds is 4. The first-order chi connectivity index (χ1) is 7.60. The normalized spacial score (nSPS) is 12.2. The number of hydrogen-bond donors (Lipinski definition) is 1. The minimum absolute atomic E-state index is 0.0720. The molecule has 0 saturated carbocycles. The number of nitrogens with one attached hydrogen (secondary N) is 1. The summed E-state index contributed by atoms with van der Waals surface area (Å²) in [5.74, 6) is -0.485. The van der Waals surface area contributed by atoms with Crippen LogP contribution in [0, 0.1) is 17.1 Å². The van der Waals surface area contributed by atoms with Gasteiger partial charge < -0.3 is 5.32 Å². The Balaban J connectivity index is 2.97. The zero-order valence-corrected chi connectivity index (χ0v) is 9.79.